The monoisotopic (exact) mass is 360 g/mol. The highest BCUT2D eigenvalue weighted by molar-refractivity contribution is 5.64. The van der Waals surface area contributed by atoms with Gasteiger partial charge in [-0.25, -0.2) is 0 Å². The highest BCUT2D eigenvalue weighted by atomic mass is 16.9. The fourth-order valence-corrected chi connectivity index (χ4v) is 2.06. The maximum atomic E-state index is 11.9. The molecule has 26 heavy (non-hydrogen) atoms. The maximum absolute atomic E-state index is 11.9. The van der Waals surface area contributed by atoms with Gasteiger partial charge in [0.1, 0.15) is 11.3 Å². The van der Waals surface area contributed by atoms with Crippen molar-refractivity contribution in [3.8, 4) is 22.6 Å². The standard InChI is InChI=1S/C20H28N2O4/c1-19(2,3)22(24)26-18-13-9-16(10-14-18)15-7-11-17(12-8-15)25-20(4,5)21(6)23/h7-14,21-22H,1-6H3. The van der Waals surface area contributed by atoms with Crippen LogP contribution in [-0.4, -0.2) is 18.3 Å². The van der Waals surface area contributed by atoms with E-state index in [2.05, 4.69) is 0 Å². The quantitative estimate of drug-likeness (QED) is 0.610. The number of hydrogen-bond acceptors (Lipinski definition) is 4. The van der Waals surface area contributed by atoms with Crippen LogP contribution in [0.25, 0.3) is 11.1 Å². The number of nitrogens with one attached hydrogen (secondary N) is 2. The lowest BCUT2D eigenvalue weighted by atomic mass is 10.1. The van der Waals surface area contributed by atoms with Crippen LogP contribution in [0.15, 0.2) is 48.5 Å². The van der Waals surface area contributed by atoms with Crippen LogP contribution in [0.4, 0.5) is 0 Å². The van der Waals surface area contributed by atoms with E-state index in [1.54, 1.807) is 26.0 Å². The number of rotatable bonds is 6. The Morgan fingerprint density at radius 2 is 1.15 bits per heavy atom. The Morgan fingerprint density at radius 3 is 1.54 bits per heavy atom. The summed E-state index contributed by atoms with van der Waals surface area (Å²) in [5, 5.41) is 23.2. The van der Waals surface area contributed by atoms with Crippen LogP contribution >= 0.6 is 0 Å². The van der Waals surface area contributed by atoms with Crippen molar-refractivity contribution < 1.29 is 19.9 Å². The van der Waals surface area contributed by atoms with Gasteiger partial charge in [0.25, 0.3) is 0 Å². The molecule has 0 heterocycles. The van der Waals surface area contributed by atoms with Gasteiger partial charge < -0.3 is 25.1 Å². The molecule has 0 aliphatic heterocycles. The molecule has 2 atom stereocenters. The average Bonchev–Trinajstić information content (AvgIpc) is 2.55. The molecule has 6 nitrogen and oxygen atoms in total. The third-order valence-corrected chi connectivity index (χ3v) is 4.09. The van der Waals surface area contributed by atoms with E-state index in [0.717, 1.165) is 11.1 Å². The fraction of sp³-hybridized carbons (Fsp3) is 0.400. The zero-order chi connectivity index (χ0) is 19.5. The van der Waals surface area contributed by atoms with E-state index in [9.17, 15) is 10.4 Å². The summed E-state index contributed by atoms with van der Waals surface area (Å²) in [6.45, 7) is 8.96. The van der Waals surface area contributed by atoms with Gasteiger partial charge in [-0.3, -0.25) is 0 Å². The van der Waals surface area contributed by atoms with Gasteiger partial charge in [-0.1, -0.05) is 24.3 Å². The van der Waals surface area contributed by atoms with Gasteiger partial charge in [-0.2, -0.15) is 5.23 Å². The maximum Gasteiger partial charge on any atom is 0.235 e. The second-order valence-corrected chi connectivity index (χ2v) is 7.86. The molecule has 142 valence electrons. The van der Waals surface area contributed by atoms with Gasteiger partial charge in [-0.15, -0.1) is 0 Å². The lowest BCUT2D eigenvalue weighted by molar-refractivity contribution is -1.06. The van der Waals surface area contributed by atoms with E-state index in [4.69, 9.17) is 9.57 Å². The Hall–Kier alpha value is -2.12. The molecule has 2 aromatic carbocycles. The summed E-state index contributed by atoms with van der Waals surface area (Å²) in [7, 11) is 1.52. The molecule has 2 N–H and O–H groups in total. The molecule has 0 aliphatic carbocycles. The van der Waals surface area contributed by atoms with E-state index >= 15 is 0 Å². The number of hydroxylamine groups is 4. The second-order valence-electron chi connectivity index (χ2n) is 7.86. The minimum absolute atomic E-state index is 0.0260. The number of benzene rings is 2. The highest BCUT2D eigenvalue weighted by Crippen LogP contribution is 2.25. The van der Waals surface area contributed by atoms with Crippen molar-refractivity contribution in [2.45, 2.75) is 45.9 Å². The fourth-order valence-electron chi connectivity index (χ4n) is 2.06. The number of quaternary nitrogens is 2. The van der Waals surface area contributed by atoms with Crippen LogP contribution in [0, 0.1) is 10.4 Å². The predicted octanol–water partition coefficient (Wildman–Crippen LogP) is 1.96. The number of ether oxygens (including phenoxy) is 1. The predicted molar refractivity (Wildman–Crippen MR) is 102 cm³/mol. The lowest BCUT2D eigenvalue weighted by Crippen LogP contribution is -3.16. The summed E-state index contributed by atoms with van der Waals surface area (Å²) in [4.78, 5) is 5.38. The first-order valence-corrected chi connectivity index (χ1v) is 8.62. The SMILES string of the molecule is C[NH+]([O-])C(C)(C)Oc1ccc(-c2ccc(O[NH+]([O-])C(C)(C)C)cc2)cc1. The van der Waals surface area contributed by atoms with Crippen LogP contribution in [0.3, 0.4) is 0 Å². The molecule has 0 aliphatic rings. The molecule has 6 heteroatoms. The van der Waals surface area contributed by atoms with Crippen molar-refractivity contribution in [3.05, 3.63) is 58.9 Å². The Labute approximate surface area is 155 Å². The summed E-state index contributed by atoms with van der Waals surface area (Å²) in [5.74, 6) is 1.17. The third kappa shape index (κ3) is 5.19. The molecule has 0 bridgehead atoms. The van der Waals surface area contributed by atoms with Crippen molar-refractivity contribution in [1.82, 2.24) is 0 Å². The van der Waals surface area contributed by atoms with Crippen LogP contribution in [-0.2, 0) is 0 Å². The highest BCUT2D eigenvalue weighted by Gasteiger charge is 2.24. The van der Waals surface area contributed by atoms with Crippen LogP contribution in [0.5, 0.6) is 11.5 Å². The number of hydrogen-bond donors (Lipinski definition) is 2. The zero-order valence-electron chi connectivity index (χ0n) is 16.3. The topological polar surface area (TPSA) is 73.5 Å². The first-order chi connectivity index (χ1) is 12.0. The van der Waals surface area contributed by atoms with Crippen molar-refractivity contribution in [2.75, 3.05) is 7.05 Å². The zero-order valence-corrected chi connectivity index (χ0v) is 16.3. The van der Waals surface area contributed by atoms with E-state index in [0.29, 0.717) is 11.5 Å². The van der Waals surface area contributed by atoms with E-state index in [1.165, 1.54) is 7.05 Å². The smallest absolute Gasteiger partial charge is 0.235 e. The summed E-state index contributed by atoms with van der Waals surface area (Å²) < 4.78 is 5.74. The summed E-state index contributed by atoms with van der Waals surface area (Å²) >= 11 is 0. The molecular weight excluding hydrogens is 332 g/mol. The van der Waals surface area contributed by atoms with Gasteiger partial charge in [0.15, 0.2) is 5.75 Å². The molecule has 0 aromatic heterocycles. The molecule has 2 unspecified atom stereocenters. The Kier molecular flexibility index (Phi) is 5.93. The summed E-state index contributed by atoms with van der Waals surface area (Å²) in [6, 6.07) is 14.9. The van der Waals surface area contributed by atoms with Crippen molar-refractivity contribution >= 4 is 0 Å². The first-order valence-electron chi connectivity index (χ1n) is 8.62. The van der Waals surface area contributed by atoms with Gasteiger partial charge in [0, 0.05) is 13.8 Å². The van der Waals surface area contributed by atoms with E-state index in [-0.39, 0.29) is 10.3 Å². The Morgan fingerprint density at radius 1 is 0.731 bits per heavy atom. The molecule has 0 spiro atoms. The minimum Gasteiger partial charge on any atom is -0.632 e. The normalized spacial score (nSPS) is 14.6. The summed E-state index contributed by atoms with van der Waals surface area (Å²) in [5.41, 5.74) is 0.618. The lowest BCUT2D eigenvalue weighted by Gasteiger charge is -2.34. The second kappa shape index (κ2) is 7.63. The average molecular weight is 360 g/mol. The molecule has 0 saturated carbocycles. The van der Waals surface area contributed by atoms with Gasteiger partial charge >= 0.3 is 0 Å². The molecule has 0 saturated heterocycles. The van der Waals surface area contributed by atoms with Gasteiger partial charge in [0.05, 0.1) is 7.05 Å². The van der Waals surface area contributed by atoms with Crippen LogP contribution < -0.4 is 19.9 Å². The molecule has 2 aromatic rings. The molecule has 0 radical (unpaired) electrons. The Balaban J connectivity index is 2.08. The largest absolute Gasteiger partial charge is 0.632 e. The molecular formula is C20H28N2O4. The van der Waals surface area contributed by atoms with Crippen LogP contribution in [0.2, 0.25) is 0 Å². The summed E-state index contributed by atoms with van der Waals surface area (Å²) in [6.07, 6.45) is 0. The van der Waals surface area contributed by atoms with Gasteiger partial charge in [-0.05, 0) is 56.2 Å². The van der Waals surface area contributed by atoms with E-state index < -0.39 is 11.3 Å². The van der Waals surface area contributed by atoms with E-state index in [1.807, 2.05) is 57.2 Å². The minimum atomic E-state index is -0.847. The molecule has 2 rings (SSSR count). The van der Waals surface area contributed by atoms with Crippen LogP contribution in [0.1, 0.15) is 34.6 Å². The molecule has 0 amide bonds. The first kappa shape index (κ1) is 20.2. The van der Waals surface area contributed by atoms with Crippen molar-refractivity contribution in [1.29, 1.82) is 0 Å². The molecule has 0 fully saturated rings. The van der Waals surface area contributed by atoms with Crippen molar-refractivity contribution in [2.24, 2.45) is 0 Å². The van der Waals surface area contributed by atoms with Crippen molar-refractivity contribution in [3.63, 3.8) is 0 Å². The third-order valence-electron chi connectivity index (χ3n) is 4.09. The van der Waals surface area contributed by atoms with Gasteiger partial charge in [0.2, 0.25) is 5.72 Å². The Bertz CT molecular complexity index is 704.